The molecule has 1 aromatic carbocycles. The van der Waals surface area contributed by atoms with Crippen LogP contribution in [0.15, 0.2) is 22.6 Å². The Balaban J connectivity index is 0.00000200. The van der Waals surface area contributed by atoms with Gasteiger partial charge in [-0.05, 0) is 24.1 Å². The quantitative estimate of drug-likeness (QED) is 0.909. The number of benzene rings is 1. The molecule has 1 aromatic heterocycles. The summed E-state index contributed by atoms with van der Waals surface area (Å²) < 4.78 is 5.38. The number of carbonyl (C=O) groups excluding carboxylic acids is 1. The first-order valence-corrected chi connectivity index (χ1v) is 6.45. The summed E-state index contributed by atoms with van der Waals surface area (Å²) in [7, 11) is 0. The number of rotatable bonds is 4. The Hall–Kier alpha value is -1.59. The lowest BCUT2D eigenvalue weighted by Crippen LogP contribution is -2.40. The SMILES string of the molecule is CCC(C)C(N)C(=O)Nc1ccc2oc(C)nc2c1.Cl. The largest absolute Gasteiger partial charge is 0.441 e. The Labute approximate surface area is 124 Å². The molecule has 110 valence electrons. The summed E-state index contributed by atoms with van der Waals surface area (Å²) in [4.78, 5) is 16.2. The first-order chi connectivity index (χ1) is 9.01. The first kappa shape index (κ1) is 16.5. The zero-order valence-electron chi connectivity index (χ0n) is 11.8. The van der Waals surface area contributed by atoms with Crippen molar-refractivity contribution in [3.8, 4) is 0 Å². The van der Waals surface area contributed by atoms with Gasteiger partial charge in [-0.25, -0.2) is 4.98 Å². The molecule has 0 bridgehead atoms. The number of oxazole rings is 1. The Morgan fingerprint density at radius 1 is 1.50 bits per heavy atom. The van der Waals surface area contributed by atoms with Crippen molar-refractivity contribution in [2.24, 2.45) is 11.7 Å². The van der Waals surface area contributed by atoms with E-state index in [2.05, 4.69) is 10.3 Å². The molecule has 0 fully saturated rings. The maximum absolute atomic E-state index is 12.0. The number of nitrogens with zero attached hydrogens (tertiary/aromatic N) is 1. The molecule has 0 aliphatic carbocycles. The van der Waals surface area contributed by atoms with Crippen LogP contribution in [0.1, 0.15) is 26.2 Å². The van der Waals surface area contributed by atoms with Gasteiger partial charge in [-0.2, -0.15) is 0 Å². The number of carbonyl (C=O) groups is 1. The predicted octanol–water partition coefficient (Wildman–Crippen LogP) is 2.87. The van der Waals surface area contributed by atoms with Gasteiger partial charge in [0.2, 0.25) is 5.91 Å². The van der Waals surface area contributed by atoms with Crippen LogP contribution in [0.2, 0.25) is 0 Å². The fourth-order valence-corrected chi connectivity index (χ4v) is 1.86. The van der Waals surface area contributed by atoms with E-state index in [1.807, 2.05) is 13.8 Å². The third-order valence-electron chi connectivity index (χ3n) is 3.32. The van der Waals surface area contributed by atoms with E-state index in [9.17, 15) is 4.79 Å². The minimum absolute atomic E-state index is 0. The second-order valence-electron chi connectivity index (χ2n) is 4.82. The Bertz CT molecular complexity index is 597. The number of nitrogens with two attached hydrogens (primary N) is 1. The van der Waals surface area contributed by atoms with E-state index in [0.717, 1.165) is 11.9 Å². The summed E-state index contributed by atoms with van der Waals surface area (Å²) in [5.74, 6) is 0.585. The molecule has 0 saturated carbocycles. The van der Waals surface area contributed by atoms with Gasteiger partial charge in [-0.15, -0.1) is 12.4 Å². The predicted molar refractivity (Wildman–Crippen MR) is 82.1 cm³/mol. The number of nitrogens with one attached hydrogen (secondary N) is 1. The molecule has 3 N–H and O–H groups in total. The molecule has 6 heteroatoms. The van der Waals surface area contributed by atoms with Gasteiger partial charge < -0.3 is 15.5 Å². The van der Waals surface area contributed by atoms with Crippen LogP contribution in [0.4, 0.5) is 5.69 Å². The molecule has 1 heterocycles. The van der Waals surface area contributed by atoms with Crippen molar-refractivity contribution < 1.29 is 9.21 Å². The molecule has 0 aliphatic heterocycles. The van der Waals surface area contributed by atoms with Crippen LogP contribution in [0, 0.1) is 12.8 Å². The highest BCUT2D eigenvalue weighted by Crippen LogP contribution is 2.20. The molecule has 1 amide bonds. The van der Waals surface area contributed by atoms with Crippen LogP contribution in [-0.2, 0) is 4.79 Å². The number of hydrogen-bond acceptors (Lipinski definition) is 4. The topological polar surface area (TPSA) is 81.2 Å². The molecule has 2 atom stereocenters. The minimum Gasteiger partial charge on any atom is -0.441 e. The van der Waals surface area contributed by atoms with Crippen LogP contribution in [0.5, 0.6) is 0 Å². The molecule has 2 unspecified atom stereocenters. The van der Waals surface area contributed by atoms with E-state index in [1.54, 1.807) is 25.1 Å². The van der Waals surface area contributed by atoms with E-state index in [1.165, 1.54) is 0 Å². The summed E-state index contributed by atoms with van der Waals surface area (Å²) in [6.07, 6.45) is 0.871. The second-order valence-corrected chi connectivity index (χ2v) is 4.82. The number of aromatic nitrogens is 1. The van der Waals surface area contributed by atoms with Crippen molar-refractivity contribution in [2.75, 3.05) is 5.32 Å². The minimum atomic E-state index is -0.500. The molecular formula is C14H20ClN3O2. The van der Waals surface area contributed by atoms with E-state index < -0.39 is 6.04 Å². The zero-order valence-corrected chi connectivity index (χ0v) is 12.7. The Morgan fingerprint density at radius 2 is 2.20 bits per heavy atom. The summed E-state index contributed by atoms with van der Waals surface area (Å²) in [5, 5.41) is 2.81. The maximum Gasteiger partial charge on any atom is 0.241 e. The highest BCUT2D eigenvalue weighted by atomic mass is 35.5. The van der Waals surface area contributed by atoms with Crippen LogP contribution in [0.3, 0.4) is 0 Å². The smallest absolute Gasteiger partial charge is 0.241 e. The number of aryl methyl sites for hydroxylation is 1. The number of amides is 1. The summed E-state index contributed by atoms with van der Waals surface area (Å²) in [5.41, 5.74) is 8.01. The lowest BCUT2D eigenvalue weighted by Gasteiger charge is -2.17. The lowest BCUT2D eigenvalue weighted by molar-refractivity contribution is -0.118. The van der Waals surface area contributed by atoms with Crippen molar-refractivity contribution in [1.29, 1.82) is 0 Å². The van der Waals surface area contributed by atoms with Crippen molar-refractivity contribution >= 4 is 35.1 Å². The molecule has 5 nitrogen and oxygen atoms in total. The summed E-state index contributed by atoms with van der Waals surface area (Å²) in [6.45, 7) is 5.77. The molecular weight excluding hydrogens is 278 g/mol. The van der Waals surface area contributed by atoms with E-state index in [0.29, 0.717) is 17.2 Å². The monoisotopic (exact) mass is 297 g/mol. The fourth-order valence-electron chi connectivity index (χ4n) is 1.86. The van der Waals surface area contributed by atoms with Crippen molar-refractivity contribution in [3.05, 3.63) is 24.1 Å². The molecule has 2 aromatic rings. The zero-order chi connectivity index (χ0) is 14.0. The molecule has 2 rings (SSSR count). The van der Waals surface area contributed by atoms with Crippen LogP contribution >= 0.6 is 12.4 Å². The molecule has 0 aliphatic rings. The van der Waals surface area contributed by atoms with E-state index in [4.69, 9.17) is 10.2 Å². The van der Waals surface area contributed by atoms with Gasteiger partial charge in [0.25, 0.3) is 0 Å². The van der Waals surface area contributed by atoms with Crippen LogP contribution < -0.4 is 11.1 Å². The van der Waals surface area contributed by atoms with Gasteiger partial charge in [0, 0.05) is 12.6 Å². The highest BCUT2D eigenvalue weighted by molar-refractivity contribution is 5.96. The average Bonchev–Trinajstić information content (AvgIpc) is 2.76. The van der Waals surface area contributed by atoms with Gasteiger partial charge in [-0.1, -0.05) is 20.3 Å². The Morgan fingerprint density at radius 3 is 2.85 bits per heavy atom. The summed E-state index contributed by atoms with van der Waals surface area (Å²) in [6, 6.07) is 4.86. The van der Waals surface area contributed by atoms with E-state index >= 15 is 0 Å². The van der Waals surface area contributed by atoms with Gasteiger partial charge in [0.1, 0.15) is 5.52 Å². The van der Waals surface area contributed by atoms with Crippen molar-refractivity contribution in [2.45, 2.75) is 33.2 Å². The number of halogens is 1. The molecule has 20 heavy (non-hydrogen) atoms. The van der Waals surface area contributed by atoms with Gasteiger partial charge in [0.05, 0.1) is 6.04 Å². The Kier molecular flexibility index (Phi) is 5.53. The van der Waals surface area contributed by atoms with Crippen molar-refractivity contribution in [1.82, 2.24) is 4.98 Å². The molecule has 0 spiro atoms. The number of hydrogen-bond donors (Lipinski definition) is 2. The van der Waals surface area contributed by atoms with E-state index in [-0.39, 0.29) is 24.2 Å². The standard InChI is InChI=1S/C14H19N3O2.ClH/c1-4-8(2)13(15)14(18)17-10-5-6-12-11(7-10)16-9(3)19-12;/h5-8,13H,4,15H2,1-3H3,(H,17,18);1H. The average molecular weight is 298 g/mol. The molecule has 0 saturated heterocycles. The first-order valence-electron chi connectivity index (χ1n) is 6.45. The summed E-state index contributed by atoms with van der Waals surface area (Å²) >= 11 is 0. The van der Waals surface area contributed by atoms with Crippen molar-refractivity contribution in [3.63, 3.8) is 0 Å². The maximum atomic E-state index is 12.0. The van der Waals surface area contributed by atoms with Gasteiger partial charge in [0.15, 0.2) is 11.5 Å². The fraction of sp³-hybridized carbons (Fsp3) is 0.429. The lowest BCUT2D eigenvalue weighted by atomic mass is 9.99. The van der Waals surface area contributed by atoms with Gasteiger partial charge in [-0.3, -0.25) is 4.79 Å². The second kappa shape index (κ2) is 6.72. The third-order valence-corrected chi connectivity index (χ3v) is 3.32. The van der Waals surface area contributed by atoms with Gasteiger partial charge >= 0.3 is 0 Å². The number of anilines is 1. The highest BCUT2D eigenvalue weighted by Gasteiger charge is 2.19. The van der Waals surface area contributed by atoms with Crippen LogP contribution in [0.25, 0.3) is 11.1 Å². The third kappa shape index (κ3) is 3.49. The normalized spacial score (nSPS) is 13.6. The molecule has 0 radical (unpaired) electrons. The van der Waals surface area contributed by atoms with Crippen LogP contribution in [-0.4, -0.2) is 16.9 Å². The number of fused-ring (bicyclic) bond motifs is 1.